The highest BCUT2D eigenvalue weighted by Crippen LogP contribution is 2.20. The van der Waals surface area contributed by atoms with Gasteiger partial charge in [0.2, 0.25) is 0 Å². The number of rotatable bonds is 5. The number of hydrogen-bond donors (Lipinski definition) is 1. The van der Waals surface area contributed by atoms with Gasteiger partial charge in [-0.25, -0.2) is 0 Å². The van der Waals surface area contributed by atoms with Crippen molar-refractivity contribution in [3.63, 3.8) is 0 Å². The fourth-order valence-corrected chi connectivity index (χ4v) is 3.44. The number of nitrogens with zero attached hydrogens (tertiary/aromatic N) is 1. The van der Waals surface area contributed by atoms with Crippen LogP contribution in [0.5, 0.6) is 0 Å². The average molecular weight is 482 g/mol. The summed E-state index contributed by atoms with van der Waals surface area (Å²) in [6.07, 6.45) is 2.46. The van der Waals surface area contributed by atoms with Crippen molar-refractivity contribution in [3.8, 4) is 0 Å². The van der Waals surface area contributed by atoms with Crippen molar-refractivity contribution in [1.82, 2.24) is 4.90 Å². The van der Waals surface area contributed by atoms with Gasteiger partial charge in [0.15, 0.2) is 12.4 Å². The van der Waals surface area contributed by atoms with E-state index < -0.39 is 5.97 Å². The number of hydrogen-bond acceptors (Lipinski definition) is 5. The molecule has 142 valence electrons. The summed E-state index contributed by atoms with van der Waals surface area (Å²) in [7, 11) is 0. The van der Waals surface area contributed by atoms with Crippen molar-refractivity contribution in [1.29, 1.82) is 0 Å². The maximum absolute atomic E-state index is 12.2. The molecule has 0 spiro atoms. The highest BCUT2D eigenvalue weighted by molar-refractivity contribution is 14.1. The second-order valence-electron chi connectivity index (χ2n) is 6.21. The monoisotopic (exact) mass is 482 g/mol. The van der Waals surface area contributed by atoms with E-state index in [0.29, 0.717) is 37.4 Å². The van der Waals surface area contributed by atoms with E-state index in [-0.39, 0.29) is 24.3 Å². The second-order valence-corrected chi connectivity index (χ2v) is 7.46. The van der Waals surface area contributed by atoms with Gasteiger partial charge in [-0.15, -0.1) is 0 Å². The van der Waals surface area contributed by atoms with Gasteiger partial charge >= 0.3 is 5.97 Å². The topological polar surface area (TPSA) is 88.9 Å². The SMILES string of the molecule is O=C(COC(=O)C1CCN(C(=O)c2ccco2)CC1)Nc1cccc(I)c1. The lowest BCUT2D eigenvalue weighted by atomic mass is 9.97. The van der Waals surface area contributed by atoms with E-state index in [0.717, 1.165) is 3.57 Å². The van der Waals surface area contributed by atoms with Crippen LogP contribution in [0.25, 0.3) is 0 Å². The minimum atomic E-state index is -0.405. The third kappa shape index (κ3) is 5.31. The van der Waals surface area contributed by atoms with Gasteiger partial charge in [-0.2, -0.15) is 0 Å². The van der Waals surface area contributed by atoms with Crippen molar-refractivity contribution in [2.24, 2.45) is 5.92 Å². The van der Waals surface area contributed by atoms with Gasteiger partial charge in [0, 0.05) is 22.3 Å². The molecule has 0 saturated carbocycles. The third-order valence-corrected chi connectivity index (χ3v) is 4.97. The Bertz CT molecular complexity index is 813. The van der Waals surface area contributed by atoms with Crippen LogP contribution in [0.2, 0.25) is 0 Å². The molecule has 2 heterocycles. The molecule has 2 aromatic rings. The first-order valence-electron chi connectivity index (χ1n) is 8.58. The van der Waals surface area contributed by atoms with Crippen LogP contribution in [0.1, 0.15) is 23.4 Å². The lowest BCUT2D eigenvalue weighted by Gasteiger charge is -2.30. The number of furan rings is 1. The summed E-state index contributed by atoms with van der Waals surface area (Å²) in [5.74, 6) is -0.975. The molecular weight excluding hydrogens is 463 g/mol. The number of piperidine rings is 1. The molecule has 3 rings (SSSR count). The van der Waals surface area contributed by atoms with E-state index in [1.54, 1.807) is 23.1 Å². The molecule has 7 nitrogen and oxygen atoms in total. The maximum Gasteiger partial charge on any atom is 0.309 e. The smallest absolute Gasteiger partial charge is 0.309 e. The molecule has 0 unspecified atom stereocenters. The van der Waals surface area contributed by atoms with Gasteiger partial charge < -0.3 is 19.4 Å². The summed E-state index contributed by atoms with van der Waals surface area (Å²) in [4.78, 5) is 38.0. The second kappa shape index (κ2) is 9.03. The van der Waals surface area contributed by atoms with Crippen LogP contribution in [0.3, 0.4) is 0 Å². The van der Waals surface area contributed by atoms with E-state index in [4.69, 9.17) is 9.15 Å². The molecule has 1 aromatic carbocycles. The number of ether oxygens (including phenoxy) is 1. The van der Waals surface area contributed by atoms with E-state index in [9.17, 15) is 14.4 Å². The van der Waals surface area contributed by atoms with Crippen LogP contribution >= 0.6 is 22.6 Å². The van der Waals surface area contributed by atoms with Gasteiger partial charge in [-0.05, 0) is 65.8 Å². The van der Waals surface area contributed by atoms with Gasteiger partial charge in [0.25, 0.3) is 11.8 Å². The first-order valence-corrected chi connectivity index (χ1v) is 9.65. The van der Waals surface area contributed by atoms with Gasteiger partial charge in [0.05, 0.1) is 12.2 Å². The Labute approximate surface area is 170 Å². The van der Waals surface area contributed by atoms with Crippen molar-refractivity contribution in [2.75, 3.05) is 25.0 Å². The number of carbonyl (C=O) groups excluding carboxylic acids is 3. The van der Waals surface area contributed by atoms with Crippen LogP contribution in [0.15, 0.2) is 47.1 Å². The number of amides is 2. The van der Waals surface area contributed by atoms with Gasteiger partial charge in [-0.3, -0.25) is 14.4 Å². The summed E-state index contributed by atoms with van der Waals surface area (Å²) in [5, 5.41) is 2.69. The zero-order valence-corrected chi connectivity index (χ0v) is 16.7. The number of anilines is 1. The molecule has 1 N–H and O–H groups in total. The molecule has 2 amide bonds. The molecule has 0 radical (unpaired) electrons. The third-order valence-electron chi connectivity index (χ3n) is 4.30. The molecule has 1 fully saturated rings. The lowest BCUT2D eigenvalue weighted by molar-refractivity contribution is -0.152. The predicted molar refractivity (Wildman–Crippen MR) is 106 cm³/mol. The van der Waals surface area contributed by atoms with Crippen LogP contribution < -0.4 is 5.32 Å². The van der Waals surface area contributed by atoms with Crippen LogP contribution in [-0.2, 0) is 14.3 Å². The van der Waals surface area contributed by atoms with Gasteiger partial charge in [-0.1, -0.05) is 6.07 Å². The number of carbonyl (C=O) groups is 3. The van der Waals surface area contributed by atoms with Crippen molar-refractivity contribution >= 4 is 46.1 Å². The van der Waals surface area contributed by atoms with Crippen molar-refractivity contribution < 1.29 is 23.5 Å². The van der Waals surface area contributed by atoms with Gasteiger partial charge in [0.1, 0.15) is 0 Å². The molecule has 0 bridgehead atoms. The van der Waals surface area contributed by atoms with Crippen LogP contribution in [0, 0.1) is 9.49 Å². The van der Waals surface area contributed by atoms with Crippen LogP contribution in [0.4, 0.5) is 5.69 Å². The summed E-state index contributed by atoms with van der Waals surface area (Å²) in [6, 6.07) is 10.6. The average Bonchev–Trinajstić information content (AvgIpc) is 3.20. The lowest BCUT2D eigenvalue weighted by Crippen LogP contribution is -2.40. The molecule has 0 atom stereocenters. The largest absolute Gasteiger partial charge is 0.459 e. The fourth-order valence-electron chi connectivity index (χ4n) is 2.89. The van der Waals surface area contributed by atoms with E-state index in [1.807, 2.05) is 18.2 Å². The number of likely N-dealkylation sites (tertiary alicyclic amines) is 1. The fraction of sp³-hybridized carbons (Fsp3) is 0.316. The zero-order chi connectivity index (χ0) is 19.2. The normalized spacial score (nSPS) is 14.6. The Morgan fingerprint density at radius 1 is 1.19 bits per heavy atom. The maximum atomic E-state index is 12.2. The first kappa shape index (κ1) is 19.4. The van der Waals surface area contributed by atoms with Crippen molar-refractivity contribution in [2.45, 2.75) is 12.8 Å². The quantitative estimate of drug-likeness (QED) is 0.523. The summed E-state index contributed by atoms with van der Waals surface area (Å²) < 4.78 is 11.3. The Hall–Kier alpha value is -2.36. The molecule has 1 saturated heterocycles. The number of nitrogens with one attached hydrogen (secondary N) is 1. The Balaban J connectivity index is 1.41. The number of esters is 1. The molecule has 27 heavy (non-hydrogen) atoms. The first-order chi connectivity index (χ1) is 13.0. The van der Waals surface area contributed by atoms with E-state index in [2.05, 4.69) is 27.9 Å². The molecule has 8 heteroatoms. The molecular formula is C19H19IN2O5. The summed E-state index contributed by atoms with van der Waals surface area (Å²) in [6.45, 7) is 0.581. The van der Waals surface area contributed by atoms with Crippen molar-refractivity contribution in [3.05, 3.63) is 52.0 Å². The molecule has 1 aliphatic heterocycles. The molecule has 0 aliphatic carbocycles. The Kier molecular flexibility index (Phi) is 6.49. The number of halogens is 1. The highest BCUT2D eigenvalue weighted by Gasteiger charge is 2.29. The van der Waals surface area contributed by atoms with Crippen LogP contribution in [-0.4, -0.2) is 42.4 Å². The zero-order valence-electron chi connectivity index (χ0n) is 14.5. The molecule has 1 aliphatic rings. The summed E-state index contributed by atoms with van der Waals surface area (Å²) >= 11 is 2.15. The van der Waals surface area contributed by atoms with E-state index >= 15 is 0 Å². The number of benzene rings is 1. The Morgan fingerprint density at radius 2 is 1.96 bits per heavy atom. The minimum Gasteiger partial charge on any atom is -0.459 e. The standard InChI is InChI=1S/C19H19IN2O5/c20-14-3-1-4-15(11-14)21-17(23)12-27-19(25)13-6-8-22(9-7-13)18(24)16-5-2-10-26-16/h1-5,10-11,13H,6-9,12H2,(H,21,23). The molecule has 1 aromatic heterocycles. The Morgan fingerprint density at radius 3 is 2.63 bits per heavy atom. The minimum absolute atomic E-state index is 0.177. The highest BCUT2D eigenvalue weighted by atomic mass is 127. The summed E-state index contributed by atoms with van der Waals surface area (Å²) in [5.41, 5.74) is 0.660. The van der Waals surface area contributed by atoms with E-state index in [1.165, 1.54) is 6.26 Å². The predicted octanol–water partition coefficient (Wildman–Crippen LogP) is 2.92.